The van der Waals surface area contributed by atoms with E-state index in [1.165, 1.54) is 50.5 Å². The maximum Gasteiger partial charge on any atom is 0.155 e. The summed E-state index contributed by atoms with van der Waals surface area (Å²) in [5, 5.41) is 0. The minimum atomic E-state index is 0.350. The molecule has 0 bridgehead atoms. The van der Waals surface area contributed by atoms with Crippen molar-refractivity contribution in [2.24, 2.45) is 34.5 Å². The zero-order valence-corrected chi connectivity index (χ0v) is 14.7. The van der Waals surface area contributed by atoms with Crippen LogP contribution < -0.4 is 0 Å². The smallest absolute Gasteiger partial charge is 0.155 e. The first kappa shape index (κ1) is 15.0. The Bertz CT molecular complexity index is 518. The Balaban J connectivity index is 1.67. The van der Waals surface area contributed by atoms with E-state index in [2.05, 4.69) is 20.8 Å². The van der Waals surface area contributed by atoms with Crippen LogP contribution in [0.15, 0.2) is 11.6 Å². The molecule has 0 radical (unpaired) electrons. The molecule has 0 saturated heterocycles. The SMILES string of the molecule is CC[C@H]1CC[C@H]2[C@@H]3CCC4=CC(=O)CC[C@]4(C)[C@H]3CCC12C. The summed E-state index contributed by atoms with van der Waals surface area (Å²) < 4.78 is 0. The van der Waals surface area contributed by atoms with Gasteiger partial charge < -0.3 is 0 Å². The molecule has 122 valence electrons. The number of carbonyl (C=O) groups excluding carboxylic acids is 1. The van der Waals surface area contributed by atoms with Crippen molar-refractivity contribution in [2.75, 3.05) is 0 Å². The number of rotatable bonds is 1. The Morgan fingerprint density at radius 1 is 1.05 bits per heavy atom. The van der Waals surface area contributed by atoms with Crippen LogP contribution in [-0.4, -0.2) is 5.78 Å². The molecule has 0 heterocycles. The van der Waals surface area contributed by atoms with Crippen LogP contribution in [0.3, 0.4) is 0 Å². The van der Waals surface area contributed by atoms with Crippen LogP contribution in [0.1, 0.15) is 78.6 Å². The van der Waals surface area contributed by atoms with Crippen LogP contribution in [0.4, 0.5) is 0 Å². The van der Waals surface area contributed by atoms with Gasteiger partial charge in [-0.2, -0.15) is 0 Å². The molecule has 0 spiro atoms. The van der Waals surface area contributed by atoms with Crippen LogP contribution in [0, 0.1) is 34.5 Å². The Labute approximate surface area is 135 Å². The van der Waals surface area contributed by atoms with Gasteiger partial charge in [0.25, 0.3) is 0 Å². The predicted octanol–water partition coefficient (Wildman–Crippen LogP) is 5.54. The maximum absolute atomic E-state index is 11.9. The van der Waals surface area contributed by atoms with Gasteiger partial charge in [0.05, 0.1) is 0 Å². The molecule has 6 atom stereocenters. The summed E-state index contributed by atoms with van der Waals surface area (Å²) in [6, 6.07) is 0. The van der Waals surface area contributed by atoms with Crippen molar-refractivity contribution in [2.45, 2.75) is 78.6 Å². The highest BCUT2D eigenvalue weighted by atomic mass is 16.1. The molecule has 0 amide bonds. The van der Waals surface area contributed by atoms with Gasteiger partial charge in [-0.05, 0) is 85.5 Å². The molecule has 22 heavy (non-hydrogen) atoms. The standard InChI is InChI=1S/C21H32O/c1-4-14-6-8-18-17-7-5-15-13-16(22)9-11-21(15,3)19(17)10-12-20(14,18)2/h13-14,17-19H,4-12H2,1-3H3/t14-,17-,18-,19-,20?,21-/m0/s1. The van der Waals surface area contributed by atoms with Crippen molar-refractivity contribution < 1.29 is 4.79 Å². The lowest BCUT2D eigenvalue weighted by molar-refractivity contribution is -0.117. The monoisotopic (exact) mass is 300 g/mol. The molecule has 4 aliphatic carbocycles. The summed E-state index contributed by atoms with van der Waals surface area (Å²) in [4.78, 5) is 11.9. The highest BCUT2D eigenvalue weighted by Gasteiger charge is 2.58. The highest BCUT2D eigenvalue weighted by molar-refractivity contribution is 5.91. The van der Waals surface area contributed by atoms with E-state index < -0.39 is 0 Å². The van der Waals surface area contributed by atoms with Crippen molar-refractivity contribution in [3.63, 3.8) is 0 Å². The first-order chi connectivity index (χ1) is 10.5. The molecular formula is C21H32O. The average Bonchev–Trinajstić information content (AvgIpc) is 2.84. The van der Waals surface area contributed by atoms with Gasteiger partial charge in [0, 0.05) is 6.42 Å². The number of hydrogen-bond donors (Lipinski definition) is 0. The summed E-state index contributed by atoms with van der Waals surface area (Å²) in [6.45, 7) is 7.52. The second-order valence-corrected chi connectivity index (χ2v) is 9.20. The van der Waals surface area contributed by atoms with Crippen molar-refractivity contribution in [1.29, 1.82) is 0 Å². The largest absolute Gasteiger partial charge is 0.295 e. The fourth-order valence-corrected chi connectivity index (χ4v) is 7.34. The molecule has 1 nitrogen and oxygen atoms in total. The predicted molar refractivity (Wildman–Crippen MR) is 90.5 cm³/mol. The number of allylic oxidation sites excluding steroid dienone is 1. The van der Waals surface area contributed by atoms with Crippen LogP contribution in [0.25, 0.3) is 0 Å². The molecule has 0 aromatic carbocycles. The van der Waals surface area contributed by atoms with E-state index in [0.29, 0.717) is 16.6 Å². The van der Waals surface area contributed by atoms with Crippen LogP contribution in [0.2, 0.25) is 0 Å². The Morgan fingerprint density at radius 2 is 1.86 bits per heavy atom. The van der Waals surface area contributed by atoms with Crippen LogP contribution >= 0.6 is 0 Å². The number of carbonyl (C=O) groups is 1. The minimum absolute atomic E-state index is 0.350. The third-order valence-electron chi connectivity index (χ3n) is 8.65. The molecule has 4 aliphatic rings. The fraction of sp³-hybridized carbons (Fsp3) is 0.857. The van der Waals surface area contributed by atoms with Crippen molar-refractivity contribution in [3.05, 3.63) is 11.6 Å². The minimum Gasteiger partial charge on any atom is -0.295 e. The van der Waals surface area contributed by atoms with E-state index in [1.807, 2.05) is 6.08 Å². The third kappa shape index (κ3) is 1.86. The summed E-state index contributed by atoms with van der Waals surface area (Å²) >= 11 is 0. The van der Waals surface area contributed by atoms with E-state index in [0.717, 1.165) is 36.5 Å². The molecule has 1 unspecified atom stereocenters. The molecular weight excluding hydrogens is 268 g/mol. The Hall–Kier alpha value is -0.590. The first-order valence-electron chi connectivity index (χ1n) is 9.73. The highest BCUT2D eigenvalue weighted by Crippen LogP contribution is 2.66. The summed E-state index contributed by atoms with van der Waals surface area (Å²) in [7, 11) is 0. The van der Waals surface area contributed by atoms with E-state index >= 15 is 0 Å². The lowest BCUT2D eigenvalue weighted by Gasteiger charge is -2.58. The van der Waals surface area contributed by atoms with Crippen LogP contribution in [0.5, 0.6) is 0 Å². The molecule has 0 aliphatic heterocycles. The zero-order valence-electron chi connectivity index (χ0n) is 14.7. The van der Waals surface area contributed by atoms with Gasteiger partial charge in [-0.3, -0.25) is 4.79 Å². The summed E-state index contributed by atoms with van der Waals surface area (Å²) in [5.74, 6) is 4.11. The summed E-state index contributed by atoms with van der Waals surface area (Å²) in [6.07, 6.45) is 13.7. The van der Waals surface area contributed by atoms with Gasteiger partial charge in [0.1, 0.15) is 0 Å². The van der Waals surface area contributed by atoms with E-state index in [4.69, 9.17) is 0 Å². The second-order valence-electron chi connectivity index (χ2n) is 9.20. The molecule has 3 saturated carbocycles. The number of ketones is 1. The van der Waals surface area contributed by atoms with Crippen molar-refractivity contribution >= 4 is 5.78 Å². The maximum atomic E-state index is 11.9. The van der Waals surface area contributed by atoms with Gasteiger partial charge in [-0.15, -0.1) is 0 Å². The third-order valence-corrected chi connectivity index (χ3v) is 8.65. The normalized spacial score (nSPS) is 50.9. The molecule has 3 fully saturated rings. The quantitative estimate of drug-likeness (QED) is 0.621. The van der Waals surface area contributed by atoms with Gasteiger partial charge >= 0.3 is 0 Å². The summed E-state index contributed by atoms with van der Waals surface area (Å²) in [5.41, 5.74) is 2.49. The average molecular weight is 300 g/mol. The molecule has 1 heteroatoms. The lowest BCUT2D eigenvalue weighted by Crippen LogP contribution is -2.50. The zero-order chi connectivity index (χ0) is 15.5. The van der Waals surface area contributed by atoms with E-state index in [-0.39, 0.29) is 0 Å². The number of fused-ring (bicyclic) bond motifs is 5. The van der Waals surface area contributed by atoms with E-state index in [9.17, 15) is 4.79 Å². The van der Waals surface area contributed by atoms with Gasteiger partial charge in [0.15, 0.2) is 5.78 Å². The van der Waals surface area contributed by atoms with E-state index in [1.54, 1.807) is 0 Å². The molecule has 0 aromatic rings. The molecule has 0 N–H and O–H groups in total. The van der Waals surface area contributed by atoms with Gasteiger partial charge in [-0.1, -0.05) is 32.8 Å². The second kappa shape index (κ2) is 4.95. The van der Waals surface area contributed by atoms with Crippen molar-refractivity contribution in [1.82, 2.24) is 0 Å². The Morgan fingerprint density at radius 3 is 2.64 bits per heavy atom. The van der Waals surface area contributed by atoms with Gasteiger partial charge in [-0.25, -0.2) is 0 Å². The van der Waals surface area contributed by atoms with Crippen LogP contribution in [-0.2, 0) is 4.79 Å². The van der Waals surface area contributed by atoms with Crippen molar-refractivity contribution in [3.8, 4) is 0 Å². The fourth-order valence-electron chi connectivity index (χ4n) is 7.34. The first-order valence-corrected chi connectivity index (χ1v) is 9.73. The topological polar surface area (TPSA) is 17.1 Å². The number of hydrogen-bond acceptors (Lipinski definition) is 1. The Kier molecular flexibility index (Phi) is 3.37. The lowest BCUT2D eigenvalue weighted by atomic mass is 9.47. The molecule has 0 aromatic heterocycles. The molecule has 4 rings (SSSR count). The van der Waals surface area contributed by atoms with Gasteiger partial charge in [0.2, 0.25) is 0 Å².